The predicted molar refractivity (Wildman–Crippen MR) is 152 cm³/mol. The summed E-state index contributed by atoms with van der Waals surface area (Å²) in [7, 11) is 0. The number of fused-ring (bicyclic) bond motifs is 1. The lowest BCUT2D eigenvalue weighted by molar-refractivity contribution is -0.140. The van der Waals surface area contributed by atoms with Gasteiger partial charge < -0.3 is 21.3 Å². The van der Waals surface area contributed by atoms with Crippen LogP contribution in [-0.2, 0) is 14.4 Å². The second-order valence-electron chi connectivity index (χ2n) is 11.7. The molecule has 3 unspecified atom stereocenters. The summed E-state index contributed by atoms with van der Waals surface area (Å²) in [6, 6.07) is 18.4. The normalized spacial score (nSPS) is 24.7. The quantitative estimate of drug-likeness (QED) is 0.484. The van der Waals surface area contributed by atoms with E-state index in [4.69, 9.17) is 5.73 Å². The van der Waals surface area contributed by atoms with Crippen molar-refractivity contribution in [3.05, 3.63) is 71.8 Å². The fraction of sp³-hybridized carbons (Fsp3) is 0.531. The Morgan fingerprint density at radius 2 is 1.44 bits per heavy atom. The first-order valence-electron chi connectivity index (χ1n) is 14.7. The van der Waals surface area contributed by atoms with E-state index in [1.165, 1.54) is 6.42 Å². The van der Waals surface area contributed by atoms with E-state index in [0.29, 0.717) is 12.5 Å². The molecule has 3 amide bonds. The highest BCUT2D eigenvalue weighted by Gasteiger charge is 2.49. The van der Waals surface area contributed by atoms with Gasteiger partial charge in [-0.1, -0.05) is 79.9 Å². The zero-order valence-electron chi connectivity index (χ0n) is 22.9. The van der Waals surface area contributed by atoms with Crippen LogP contribution in [0.15, 0.2) is 60.7 Å². The molecule has 1 aliphatic heterocycles. The average Bonchev–Trinajstić information content (AvgIpc) is 3.56. The van der Waals surface area contributed by atoms with Crippen LogP contribution in [0.2, 0.25) is 0 Å². The van der Waals surface area contributed by atoms with Crippen molar-refractivity contribution < 1.29 is 14.4 Å². The third-order valence-corrected chi connectivity index (χ3v) is 9.08. The molecule has 0 aromatic heterocycles. The number of nitrogens with zero attached hydrogens (tertiary/aromatic N) is 1. The van der Waals surface area contributed by atoms with Gasteiger partial charge in [0.25, 0.3) is 0 Å². The van der Waals surface area contributed by atoms with Crippen molar-refractivity contribution in [2.45, 2.75) is 88.4 Å². The maximum atomic E-state index is 14.1. The van der Waals surface area contributed by atoms with Gasteiger partial charge in [-0.2, -0.15) is 0 Å². The van der Waals surface area contributed by atoms with Crippen LogP contribution in [-0.4, -0.2) is 53.3 Å². The third kappa shape index (κ3) is 6.03. The topological polar surface area (TPSA) is 105 Å². The Bertz CT molecular complexity index is 1090. The first-order valence-corrected chi connectivity index (χ1v) is 14.7. The molecule has 2 saturated carbocycles. The fourth-order valence-electron chi connectivity index (χ4n) is 7.08. The molecule has 0 spiro atoms. The van der Waals surface area contributed by atoms with Crippen molar-refractivity contribution in [1.29, 1.82) is 0 Å². The van der Waals surface area contributed by atoms with Gasteiger partial charge >= 0.3 is 0 Å². The van der Waals surface area contributed by atoms with E-state index < -0.39 is 18.0 Å². The van der Waals surface area contributed by atoms with E-state index in [9.17, 15) is 14.4 Å². The molecule has 2 aromatic rings. The Morgan fingerprint density at radius 1 is 0.821 bits per heavy atom. The molecule has 2 aliphatic carbocycles. The largest absolute Gasteiger partial charge is 0.350 e. The van der Waals surface area contributed by atoms with Gasteiger partial charge in [0.15, 0.2) is 0 Å². The van der Waals surface area contributed by atoms with E-state index >= 15 is 0 Å². The number of nitrogens with one attached hydrogen (secondary N) is 2. The molecule has 4 N–H and O–H groups in total. The van der Waals surface area contributed by atoms with E-state index in [1.54, 1.807) is 6.92 Å². The highest BCUT2D eigenvalue weighted by Crippen LogP contribution is 2.40. The van der Waals surface area contributed by atoms with Crippen LogP contribution in [0.25, 0.3) is 0 Å². The van der Waals surface area contributed by atoms with Crippen molar-refractivity contribution >= 4 is 17.7 Å². The summed E-state index contributed by atoms with van der Waals surface area (Å²) in [4.78, 5) is 42.6. The third-order valence-electron chi connectivity index (χ3n) is 9.08. The number of amides is 3. The summed E-state index contributed by atoms with van der Waals surface area (Å²) in [5.41, 5.74) is 7.77. The van der Waals surface area contributed by atoms with Gasteiger partial charge in [-0.05, 0) is 62.0 Å². The smallest absolute Gasteiger partial charge is 0.245 e. The molecule has 0 radical (unpaired) electrons. The Labute approximate surface area is 231 Å². The molecular formula is C32H42N4O3. The molecule has 5 rings (SSSR count). The number of hydrogen-bond donors (Lipinski definition) is 3. The Balaban J connectivity index is 1.36. The molecule has 1 heterocycles. The highest BCUT2D eigenvalue weighted by atomic mass is 16.2. The van der Waals surface area contributed by atoms with E-state index in [1.807, 2.05) is 65.6 Å². The van der Waals surface area contributed by atoms with Crippen LogP contribution in [0.4, 0.5) is 0 Å². The summed E-state index contributed by atoms with van der Waals surface area (Å²) in [5.74, 6) is -0.249. The minimum absolute atomic E-state index is 0.00721. The van der Waals surface area contributed by atoms with Crippen molar-refractivity contribution in [3.63, 3.8) is 0 Å². The molecule has 7 heteroatoms. The minimum atomic E-state index is -0.665. The SMILES string of the molecule is C[C@H](N)C(=O)N[C@H](C(=O)N1CCC2CCC(NC(=O)C(c3ccccc3)c3ccccc3)C21)C1CCCCC1. The molecule has 7 nitrogen and oxygen atoms in total. The molecule has 0 bridgehead atoms. The van der Waals surface area contributed by atoms with Gasteiger partial charge in [0.1, 0.15) is 6.04 Å². The van der Waals surface area contributed by atoms with Crippen molar-refractivity contribution in [1.82, 2.24) is 15.5 Å². The maximum absolute atomic E-state index is 14.1. The van der Waals surface area contributed by atoms with Crippen molar-refractivity contribution in [3.8, 4) is 0 Å². The fourth-order valence-corrected chi connectivity index (χ4v) is 7.08. The molecule has 2 aromatic carbocycles. The molecule has 39 heavy (non-hydrogen) atoms. The number of rotatable bonds is 8. The maximum Gasteiger partial charge on any atom is 0.245 e. The molecule has 3 aliphatic rings. The number of likely N-dealkylation sites (tertiary alicyclic amines) is 1. The van der Waals surface area contributed by atoms with E-state index in [0.717, 1.165) is 56.1 Å². The van der Waals surface area contributed by atoms with Crippen LogP contribution in [0.3, 0.4) is 0 Å². The zero-order chi connectivity index (χ0) is 27.4. The summed E-state index contributed by atoms with van der Waals surface area (Å²) < 4.78 is 0. The Kier molecular flexibility index (Phi) is 8.66. The van der Waals surface area contributed by atoms with Crippen molar-refractivity contribution in [2.75, 3.05) is 6.54 Å². The summed E-state index contributed by atoms with van der Waals surface area (Å²) in [5, 5.41) is 6.39. The van der Waals surface area contributed by atoms with Gasteiger partial charge in [-0.25, -0.2) is 0 Å². The Morgan fingerprint density at radius 3 is 2.03 bits per heavy atom. The van der Waals surface area contributed by atoms with Crippen LogP contribution in [0.5, 0.6) is 0 Å². The van der Waals surface area contributed by atoms with Gasteiger partial charge in [-0.15, -0.1) is 0 Å². The number of carbonyl (C=O) groups excluding carboxylic acids is 3. The van der Waals surface area contributed by atoms with Gasteiger partial charge in [-0.3, -0.25) is 14.4 Å². The number of nitrogens with two attached hydrogens (primary N) is 1. The average molecular weight is 531 g/mol. The summed E-state index contributed by atoms with van der Waals surface area (Å²) in [6.45, 7) is 2.32. The molecular weight excluding hydrogens is 488 g/mol. The van der Waals surface area contributed by atoms with Crippen molar-refractivity contribution in [2.24, 2.45) is 17.6 Å². The van der Waals surface area contributed by atoms with Crippen LogP contribution in [0, 0.1) is 11.8 Å². The lowest BCUT2D eigenvalue weighted by Gasteiger charge is -2.37. The first-order chi connectivity index (χ1) is 18.9. The number of carbonyl (C=O) groups is 3. The lowest BCUT2D eigenvalue weighted by Crippen LogP contribution is -2.59. The highest BCUT2D eigenvalue weighted by molar-refractivity contribution is 5.90. The molecule has 3 fully saturated rings. The molecule has 1 saturated heterocycles. The van der Waals surface area contributed by atoms with E-state index in [2.05, 4.69) is 10.6 Å². The summed E-state index contributed by atoms with van der Waals surface area (Å²) >= 11 is 0. The lowest BCUT2D eigenvalue weighted by atomic mass is 9.83. The predicted octanol–water partition coefficient (Wildman–Crippen LogP) is 3.73. The monoisotopic (exact) mass is 530 g/mol. The standard InChI is InChI=1S/C32H42N4O3/c1-21(33)30(37)35-28(24-15-9-4-10-16-24)32(39)36-20-19-25-17-18-26(29(25)36)34-31(38)27(22-11-5-2-6-12-22)23-13-7-3-8-14-23/h2-3,5-8,11-14,21,24-29H,4,9-10,15-20,33H2,1H3,(H,34,38)(H,35,37)/t21-,25?,26?,28-,29?/m0/s1. The Hall–Kier alpha value is -3.19. The van der Waals surface area contributed by atoms with Gasteiger partial charge in [0.05, 0.1) is 18.0 Å². The number of hydrogen-bond acceptors (Lipinski definition) is 4. The van der Waals surface area contributed by atoms with Crippen LogP contribution >= 0.6 is 0 Å². The molecule has 208 valence electrons. The summed E-state index contributed by atoms with van der Waals surface area (Å²) in [6.07, 6.45) is 7.97. The second-order valence-corrected chi connectivity index (χ2v) is 11.7. The van der Waals surface area contributed by atoms with Crippen LogP contribution < -0.4 is 16.4 Å². The van der Waals surface area contributed by atoms with Gasteiger partial charge in [0, 0.05) is 12.6 Å². The number of benzene rings is 2. The minimum Gasteiger partial charge on any atom is -0.350 e. The molecule has 5 atom stereocenters. The second kappa shape index (κ2) is 12.3. The zero-order valence-corrected chi connectivity index (χ0v) is 22.9. The first kappa shape index (κ1) is 27.4. The van der Waals surface area contributed by atoms with Crippen LogP contribution in [0.1, 0.15) is 75.3 Å². The van der Waals surface area contributed by atoms with E-state index in [-0.39, 0.29) is 35.7 Å². The van der Waals surface area contributed by atoms with Gasteiger partial charge in [0.2, 0.25) is 17.7 Å².